The Balaban J connectivity index is 1.93. The molecule has 5 nitrogen and oxygen atoms in total. The van der Waals surface area contributed by atoms with Crippen LogP contribution in [-0.2, 0) is 14.8 Å². The number of carbonyl (C=O) groups is 1. The second-order valence-electron chi connectivity index (χ2n) is 12.5. The second kappa shape index (κ2) is 11.9. The van der Waals surface area contributed by atoms with Crippen molar-refractivity contribution in [3.63, 3.8) is 0 Å². The number of rotatable bonds is 10. The van der Waals surface area contributed by atoms with Crippen LogP contribution in [0.1, 0.15) is 76.5 Å². The van der Waals surface area contributed by atoms with Gasteiger partial charge in [0.2, 0.25) is 15.9 Å². The summed E-state index contributed by atoms with van der Waals surface area (Å²) < 4.78 is 54.7. The molecule has 0 N–H and O–H groups in total. The van der Waals surface area contributed by atoms with E-state index in [2.05, 4.69) is 6.58 Å². The zero-order valence-electron chi connectivity index (χ0n) is 23.9. The van der Waals surface area contributed by atoms with Crippen LogP contribution in [0.2, 0.25) is 10.0 Å². The smallest absolute Gasteiger partial charge is 0.307 e. The fourth-order valence-electron chi connectivity index (χ4n) is 6.02. The Morgan fingerprint density at radius 2 is 1.73 bits per heavy atom. The maximum atomic E-state index is 14.6. The normalized spacial score (nSPS) is 24.6. The second-order valence-corrected chi connectivity index (χ2v) is 16.0. The molecule has 1 heterocycles. The summed E-state index contributed by atoms with van der Waals surface area (Å²) in [5, 5.41) is 1.07. The van der Waals surface area contributed by atoms with E-state index in [0.717, 1.165) is 11.1 Å². The van der Waals surface area contributed by atoms with Crippen molar-refractivity contribution in [1.29, 1.82) is 0 Å². The Morgan fingerprint density at radius 1 is 1.10 bits per heavy atom. The minimum atomic E-state index is -4.40. The molecule has 4 atom stereocenters. The number of benzene rings is 2. The van der Waals surface area contributed by atoms with Crippen LogP contribution in [0, 0.1) is 11.3 Å². The van der Waals surface area contributed by atoms with Gasteiger partial charge in [0.1, 0.15) is 0 Å². The van der Waals surface area contributed by atoms with Crippen molar-refractivity contribution >= 4 is 39.1 Å². The number of alkyl halides is 2. The molecule has 1 aliphatic carbocycles. The molecule has 4 rings (SSSR count). The molecule has 224 valence electrons. The van der Waals surface area contributed by atoms with E-state index in [4.69, 9.17) is 23.2 Å². The maximum Gasteiger partial charge on any atom is 0.307 e. The van der Waals surface area contributed by atoms with Crippen molar-refractivity contribution in [2.75, 3.05) is 6.54 Å². The number of hydrogen-bond acceptors (Lipinski definition) is 3. The van der Waals surface area contributed by atoms with Crippen molar-refractivity contribution in [3.8, 4) is 0 Å². The van der Waals surface area contributed by atoms with E-state index in [-0.39, 0.29) is 22.0 Å². The Morgan fingerprint density at radius 3 is 2.24 bits per heavy atom. The number of carbonyl (C=O) groups excluding carboxylic acids is 1. The average Bonchev–Trinajstić information content (AvgIpc) is 3.72. The molecule has 0 bridgehead atoms. The van der Waals surface area contributed by atoms with E-state index in [0.29, 0.717) is 35.7 Å². The molecular formula is C31H38Cl2F2N2O3S. The van der Waals surface area contributed by atoms with Crippen LogP contribution in [0.3, 0.4) is 0 Å². The highest BCUT2D eigenvalue weighted by molar-refractivity contribution is 7.90. The first-order valence-corrected chi connectivity index (χ1v) is 16.0. The highest BCUT2D eigenvalue weighted by Gasteiger charge is 2.55. The van der Waals surface area contributed by atoms with Crippen LogP contribution in [-0.4, -0.2) is 47.4 Å². The lowest BCUT2D eigenvalue weighted by Crippen LogP contribution is -2.60. The Hall–Kier alpha value is -2.00. The predicted molar refractivity (Wildman–Crippen MR) is 161 cm³/mol. The van der Waals surface area contributed by atoms with Crippen molar-refractivity contribution in [2.24, 2.45) is 11.3 Å². The predicted octanol–water partition coefficient (Wildman–Crippen LogP) is 8.06. The van der Waals surface area contributed by atoms with Crippen molar-refractivity contribution in [3.05, 3.63) is 82.4 Å². The van der Waals surface area contributed by atoms with Gasteiger partial charge in [-0.05, 0) is 87.8 Å². The summed E-state index contributed by atoms with van der Waals surface area (Å²) in [6.07, 6.45) is 3.99. The van der Waals surface area contributed by atoms with E-state index in [9.17, 15) is 22.0 Å². The van der Waals surface area contributed by atoms with Crippen molar-refractivity contribution < 1.29 is 22.0 Å². The Kier molecular flexibility index (Phi) is 9.30. The van der Waals surface area contributed by atoms with Gasteiger partial charge in [0, 0.05) is 28.5 Å². The zero-order valence-corrected chi connectivity index (χ0v) is 26.2. The first-order chi connectivity index (χ1) is 19.1. The van der Waals surface area contributed by atoms with E-state index in [1.54, 1.807) is 29.2 Å². The van der Waals surface area contributed by atoms with Gasteiger partial charge in [0.25, 0.3) is 0 Å². The molecular weight excluding hydrogens is 589 g/mol. The fourth-order valence-corrected chi connectivity index (χ4v) is 7.60. The lowest BCUT2D eigenvalue weighted by Gasteiger charge is -2.53. The van der Waals surface area contributed by atoms with Crippen LogP contribution in [0.4, 0.5) is 8.78 Å². The van der Waals surface area contributed by atoms with E-state index >= 15 is 0 Å². The molecule has 1 aliphatic heterocycles. The minimum absolute atomic E-state index is 0.115. The molecule has 2 aromatic carbocycles. The van der Waals surface area contributed by atoms with Gasteiger partial charge in [-0.15, -0.1) is 10.9 Å². The van der Waals surface area contributed by atoms with Gasteiger partial charge < -0.3 is 4.90 Å². The molecule has 41 heavy (non-hydrogen) atoms. The Labute approximate surface area is 252 Å². The SMILES string of the molecule is C=CC[C@@]1(C)C[C@H](c2cccc(Cl)c2)[C@@H](c2ccc(Cl)cc2)N(C(CN(C(F)F)S(=O)(=O)C(C)(C)C)C2CC2)C1=O. The van der Waals surface area contributed by atoms with Crippen LogP contribution in [0.25, 0.3) is 0 Å². The molecule has 2 aromatic rings. The van der Waals surface area contributed by atoms with Gasteiger partial charge >= 0.3 is 6.55 Å². The molecule has 1 unspecified atom stereocenters. The summed E-state index contributed by atoms with van der Waals surface area (Å²) >= 11 is 12.7. The number of halogens is 4. The molecule has 0 aromatic heterocycles. The maximum absolute atomic E-state index is 14.6. The van der Waals surface area contributed by atoms with E-state index < -0.39 is 45.4 Å². The van der Waals surface area contributed by atoms with Gasteiger partial charge in [0.15, 0.2) is 0 Å². The molecule has 2 aliphatic rings. The minimum Gasteiger partial charge on any atom is -0.330 e. The summed E-state index contributed by atoms with van der Waals surface area (Å²) in [5.41, 5.74) is 0.817. The summed E-state index contributed by atoms with van der Waals surface area (Å²) in [5.74, 6) is -0.566. The van der Waals surface area contributed by atoms with Gasteiger partial charge in [-0.25, -0.2) is 8.42 Å². The highest BCUT2D eigenvalue weighted by atomic mass is 35.5. The third kappa shape index (κ3) is 6.51. The third-order valence-corrected chi connectivity index (χ3v) is 11.3. The molecule has 1 saturated heterocycles. The fraction of sp³-hybridized carbons (Fsp3) is 0.516. The van der Waals surface area contributed by atoms with Crippen molar-refractivity contribution in [1.82, 2.24) is 9.21 Å². The molecule has 0 radical (unpaired) electrons. The zero-order chi connectivity index (χ0) is 30.3. The lowest BCUT2D eigenvalue weighted by atomic mass is 9.67. The van der Waals surface area contributed by atoms with Crippen LogP contribution in [0.15, 0.2) is 61.2 Å². The topological polar surface area (TPSA) is 57.7 Å². The van der Waals surface area contributed by atoms with E-state index in [1.807, 2.05) is 37.3 Å². The molecule has 1 amide bonds. The first kappa shape index (κ1) is 31.9. The molecule has 0 spiro atoms. The number of allylic oxidation sites excluding steroid dienone is 1. The third-order valence-electron chi connectivity index (χ3n) is 8.38. The number of sulfonamides is 1. The van der Waals surface area contributed by atoms with Gasteiger partial charge in [-0.1, -0.05) is 60.5 Å². The summed E-state index contributed by atoms with van der Waals surface area (Å²) in [7, 11) is -4.40. The van der Waals surface area contributed by atoms with Crippen LogP contribution in [0.5, 0.6) is 0 Å². The van der Waals surface area contributed by atoms with Gasteiger partial charge in [-0.2, -0.15) is 8.78 Å². The van der Waals surface area contributed by atoms with Gasteiger partial charge in [0.05, 0.1) is 16.2 Å². The number of hydrogen-bond donors (Lipinski definition) is 0. The largest absolute Gasteiger partial charge is 0.330 e. The van der Waals surface area contributed by atoms with Gasteiger partial charge in [-0.3, -0.25) is 4.79 Å². The Bertz CT molecular complexity index is 1380. The summed E-state index contributed by atoms with van der Waals surface area (Å²) in [6.45, 7) is 6.23. The molecule has 1 saturated carbocycles. The number of nitrogens with zero attached hydrogens (tertiary/aromatic N) is 2. The van der Waals surface area contributed by atoms with E-state index in [1.165, 1.54) is 20.8 Å². The molecule has 10 heteroatoms. The quantitative estimate of drug-likeness (QED) is 0.198. The first-order valence-electron chi connectivity index (χ1n) is 13.8. The highest BCUT2D eigenvalue weighted by Crippen LogP contribution is 2.54. The van der Waals surface area contributed by atoms with Crippen LogP contribution < -0.4 is 0 Å². The molecule has 2 fully saturated rings. The number of amides is 1. The lowest BCUT2D eigenvalue weighted by molar-refractivity contribution is -0.156. The van der Waals surface area contributed by atoms with Crippen molar-refractivity contribution in [2.45, 2.75) is 82.7 Å². The standard InChI is InChI=1S/C31H38Cl2F2N2O3S/c1-6-16-31(5)18-25(22-8-7-9-24(33)17-22)27(21-12-14-23(32)15-13-21)37(28(31)38)26(20-10-11-20)19-36(29(34)35)41(39,40)30(2,3)4/h6-9,12-15,17,20,25-27,29H,1,10-11,16,18-19H2,2-5H3/t25-,26?,27-,31+/m1/s1. The summed E-state index contributed by atoms with van der Waals surface area (Å²) in [6, 6.07) is 13.3. The monoisotopic (exact) mass is 626 g/mol. The average molecular weight is 628 g/mol. The number of piperidine rings is 1. The van der Waals surface area contributed by atoms with Crippen LogP contribution >= 0.6 is 23.2 Å². The summed E-state index contributed by atoms with van der Waals surface area (Å²) in [4.78, 5) is 16.3. The number of likely N-dealkylation sites (tertiary alicyclic amines) is 1.